The van der Waals surface area contributed by atoms with E-state index >= 15 is 0 Å². The van der Waals surface area contributed by atoms with Crippen LogP contribution in [0.2, 0.25) is 0 Å². The number of hydrogen-bond donors (Lipinski definition) is 1. The van der Waals surface area contributed by atoms with Crippen LogP contribution in [0.1, 0.15) is 34.5 Å². The van der Waals surface area contributed by atoms with Gasteiger partial charge in [-0.25, -0.2) is 9.97 Å². The maximum absolute atomic E-state index is 12.3. The van der Waals surface area contributed by atoms with Crippen molar-refractivity contribution < 1.29 is 4.79 Å². The summed E-state index contributed by atoms with van der Waals surface area (Å²) in [6.45, 7) is 7.01. The normalized spacial score (nSPS) is 10.6. The quantitative estimate of drug-likeness (QED) is 0.901. The molecule has 1 amide bonds. The average molecular weight is 302 g/mol. The number of aromatic nitrogens is 4. The molecule has 22 heavy (non-hydrogen) atoms. The van der Waals surface area contributed by atoms with Gasteiger partial charge in [0.1, 0.15) is 5.69 Å². The van der Waals surface area contributed by atoms with E-state index < -0.39 is 0 Å². The van der Waals surface area contributed by atoms with Gasteiger partial charge in [-0.3, -0.25) is 9.48 Å². The standard InChI is InChI=1S/C15H22N6O/c1-6-21-12(7-11(3)19-21)9-16-14(22)13-8-10(2)17-15(18-13)20(4)5/h7-8H,6,9H2,1-5H3,(H,16,22). The number of nitrogens with zero attached hydrogens (tertiary/aromatic N) is 5. The fourth-order valence-electron chi connectivity index (χ4n) is 2.15. The van der Waals surface area contributed by atoms with Gasteiger partial charge in [-0.1, -0.05) is 0 Å². The first kappa shape index (κ1) is 15.9. The Hall–Kier alpha value is -2.44. The molecule has 0 fully saturated rings. The zero-order valence-corrected chi connectivity index (χ0v) is 13.7. The van der Waals surface area contributed by atoms with Crippen molar-refractivity contribution in [1.82, 2.24) is 25.1 Å². The number of carbonyl (C=O) groups is 1. The van der Waals surface area contributed by atoms with E-state index in [0.29, 0.717) is 18.2 Å². The molecule has 7 nitrogen and oxygen atoms in total. The average Bonchev–Trinajstić information content (AvgIpc) is 2.84. The van der Waals surface area contributed by atoms with Gasteiger partial charge in [-0.15, -0.1) is 0 Å². The molecular formula is C15H22N6O. The van der Waals surface area contributed by atoms with E-state index in [1.165, 1.54) is 0 Å². The Morgan fingerprint density at radius 3 is 2.59 bits per heavy atom. The van der Waals surface area contributed by atoms with Crippen LogP contribution in [0.3, 0.4) is 0 Å². The van der Waals surface area contributed by atoms with Crippen molar-refractivity contribution in [2.75, 3.05) is 19.0 Å². The molecule has 118 valence electrons. The van der Waals surface area contributed by atoms with Crippen molar-refractivity contribution in [3.63, 3.8) is 0 Å². The Morgan fingerprint density at radius 1 is 1.23 bits per heavy atom. The van der Waals surface area contributed by atoms with E-state index in [-0.39, 0.29) is 5.91 Å². The Labute approximate surface area is 130 Å². The highest BCUT2D eigenvalue weighted by Crippen LogP contribution is 2.08. The molecule has 2 heterocycles. The molecule has 0 atom stereocenters. The van der Waals surface area contributed by atoms with E-state index in [9.17, 15) is 4.79 Å². The molecule has 0 aromatic carbocycles. The maximum Gasteiger partial charge on any atom is 0.270 e. The van der Waals surface area contributed by atoms with Gasteiger partial charge in [0.2, 0.25) is 5.95 Å². The summed E-state index contributed by atoms with van der Waals surface area (Å²) in [5.74, 6) is 0.315. The summed E-state index contributed by atoms with van der Waals surface area (Å²) < 4.78 is 1.88. The second-order valence-electron chi connectivity index (χ2n) is 5.36. The van der Waals surface area contributed by atoms with E-state index in [1.54, 1.807) is 11.0 Å². The molecular weight excluding hydrogens is 280 g/mol. The Balaban J connectivity index is 2.12. The molecule has 0 bridgehead atoms. The molecule has 0 radical (unpaired) electrons. The molecule has 2 aromatic heterocycles. The minimum atomic E-state index is -0.213. The topological polar surface area (TPSA) is 75.9 Å². The van der Waals surface area contributed by atoms with Crippen LogP contribution < -0.4 is 10.2 Å². The van der Waals surface area contributed by atoms with Crippen LogP contribution in [0.4, 0.5) is 5.95 Å². The summed E-state index contributed by atoms with van der Waals surface area (Å²) in [6, 6.07) is 3.66. The van der Waals surface area contributed by atoms with E-state index in [2.05, 4.69) is 20.4 Å². The van der Waals surface area contributed by atoms with Crippen molar-refractivity contribution >= 4 is 11.9 Å². The van der Waals surface area contributed by atoms with Gasteiger partial charge >= 0.3 is 0 Å². The largest absolute Gasteiger partial charge is 0.347 e. The fraction of sp³-hybridized carbons (Fsp3) is 0.467. The summed E-state index contributed by atoms with van der Waals surface area (Å²) >= 11 is 0. The monoisotopic (exact) mass is 302 g/mol. The summed E-state index contributed by atoms with van der Waals surface area (Å²) in [5.41, 5.74) is 3.06. The second kappa shape index (κ2) is 6.55. The smallest absolute Gasteiger partial charge is 0.270 e. The first-order valence-electron chi connectivity index (χ1n) is 7.25. The van der Waals surface area contributed by atoms with Crippen LogP contribution in [-0.2, 0) is 13.1 Å². The summed E-state index contributed by atoms with van der Waals surface area (Å²) in [4.78, 5) is 22.6. The third kappa shape index (κ3) is 3.60. The summed E-state index contributed by atoms with van der Waals surface area (Å²) in [6.07, 6.45) is 0. The summed E-state index contributed by atoms with van der Waals surface area (Å²) in [5, 5.41) is 7.25. The third-order valence-electron chi connectivity index (χ3n) is 3.19. The lowest BCUT2D eigenvalue weighted by molar-refractivity contribution is 0.0944. The molecule has 0 aliphatic carbocycles. The molecule has 1 N–H and O–H groups in total. The molecule has 0 saturated heterocycles. The Bertz CT molecular complexity index is 677. The van der Waals surface area contributed by atoms with Crippen molar-refractivity contribution in [1.29, 1.82) is 0 Å². The van der Waals surface area contributed by atoms with Gasteiger partial charge in [0.15, 0.2) is 0 Å². The van der Waals surface area contributed by atoms with Crippen LogP contribution in [-0.4, -0.2) is 39.8 Å². The Morgan fingerprint density at radius 2 is 1.95 bits per heavy atom. The van der Waals surface area contributed by atoms with Crippen LogP contribution in [0.5, 0.6) is 0 Å². The van der Waals surface area contributed by atoms with E-state index in [1.807, 2.05) is 45.6 Å². The van der Waals surface area contributed by atoms with Gasteiger partial charge in [-0.05, 0) is 32.9 Å². The van der Waals surface area contributed by atoms with Crippen molar-refractivity contribution in [3.8, 4) is 0 Å². The Kier molecular flexibility index (Phi) is 4.75. The number of hydrogen-bond acceptors (Lipinski definition) is 5. The van der Waals surface area contributed by atoms with Crippen molar-refractivity contribution in [2.45, 2.75) is 33.9 Å². The minimum absolute atomic E-state index is 0.213. The first-order chi connectivity index (χ1) is 10.4. The molecule has 0 saturated carbocycles. The zero-order chi connectivity index (χ0) is 16.3. The van der Waals surface area contributed by atoms with E-state index in [4.69, 9.17) is 0 Å². The number of aryl methyl sites for hydroxylation is 3. The number of nitrogens with one attached hydrogen (secondary N) is 1. The van der Waals surface area contributed by atoms with Crippen LogP contribution in [0.15, 0.2) is 12.1 Å². The predicted molar refractivity (Wildman–Crippen MR) is 84.9 cm³/mol. The number of amides is 1. The highest BCUT2D eigenvalue weighted by molar-refractivity contribution is 5.92. The number of rotatable bonds is 5. The van der Waals surface area contributed by atoms with E-state index in [0.717, 1.165) is 23.6 Å². The van der Waals surface area contributed by atoms with Gasteiger partial charge in [-0.2, -0.15) is 5.10 Å². The molecule has 2 rings (SSSR count). The molecule has 2 aromatic rings. The van der Waals surface area contributed by atoms with Gasteiger partial charge in [0.05, 0.1) is 17.9 Å². The predicted octanol–water partition coefficient (Wildman–Crippen LogP) is 1.31. The maximum atomic E-state index is 12.3. The lowest BCUT2D eigenvalue weighted by Crippen LogP contribution is -2.26. The lowest BCUT2D eigenvalue weighted by Gasteiger charge is -2.12. The number of anilines is 1. The van der Waals surface area contributed by atoms with Gasteiger partial charge < -0.3 is 10.2 Å². The van der Waals surface area contributed by atoms with Gasteiger partial charge in [0.25, 0.3) is 5.91 Å². The zero-order valence-electron chi connectivity index (χ0n) is 13.7. The third-order valence-corrected chi connectivity index (χ3v) is 3.19. The molecule has 7 heteroatoms. The van der Waals surface area contributed by atoms with Crippen molar-refractivity contribution in [2.24, 2.45) is 0 Å². The molecule has 0 unspecified atom stereocenters. The molecule has 0 spiro atoms. The highest BCUT2D eigenvalue weighted by Gasteiger charge is 2.12. The SMILES string of the molecule is CCn1nc(C)cc1CNC(=O)c1cc(C)nc(N(C)C)n1. The lowest BCUT2D eigenvalue weighted by atomic mass is 10.3. The van der Waals surface area contributed by atoms with Crippen LogP contribution in [0.25, 0.3) is 0 Å². The van der Waals surface area contributed by atoms with Crippen LogP contribution in [0, 0.1) is 13.8 Å². The highest BCUT2D eigenvalue weighted by atomic mass is 16.1. The fourth-order valence-corrected chi connectivity index (χ4v) is 2.15. The molecule has 0 aliphatic rings. The second-order valence-corrected chi connectivity index (χ2v) is 5.36. The number of carbonyl (C=O) groups excluding carboxylic acids is 1. The molecule has 0 aliphatic heterocycles. The minimum Gasteiger partial charge on any atom is -0.347 e. The van der Waals surface area contributed by atoms with Gasteiger partial charge in [0, 0.05) is 26.3 Å². The van der Waals surface area contributed by atoms with Crippen molar-refractivity contribution in [3.05, 3.63) is 34.9 Å². The summed E-state index contributed by atoms with van der Waals surface area (Å²) in [7, 11) is 3.69. The first-order valence-corrected chi connectivity index (χ1v) is 7.25. The van der Waals surface area contributed by atoms with Crippen LogP contribution >= 0.6 is 0 Å².